The Morgan fingerprint density at radius 1 is 1.00 bits per heavy atom. The lowest BCUT2D eigenvalue weighted by molar-refractivity contribution is 0.138. The van der Waals surface area contributed by atoms with E-state index in [1.807, 2.05) is 0 Å². The number of hydrogen-bond donors (Lipinski definition) is 0. The molecule has 6 heteroatoms. The van der Waals surface area contributed by atoms with Crippen molar-refractivity contribution in [3.05, 3.63) is 53.9 Å². The topological polar surface area (TPSA) is 50.7 Å². The highest BCUT2D eigenvalue weighted by atomic mass is 16.5. The molecule has 0 unspecified atom stereocenters. The molecule has 1 fully saturated rings. The van der Waals surface area contributed by atoms with Crippen molar-refractivity contribution in [2.45, 2.75) is 51.7 Å². The number of hydrogen-bond acceptors (Lipinski definition) is 6. The van der Waals surface area contributed by atoms with Crippen molar-refractivity contribution in [1.29, 1.82) is 0 Å². The average molecular weight is 433 g/mol. The second-order valence-corrected chi connectivity index (χ2v) is 9.04. The van der Waals surface area contributed by atoms with Crippen molar-refractivity contribution >= 4 is 16.5 Å². The van der Waals surface area contributed by atoms with Gasteiger partial charge in [-0.3, -0.25) is 4.90 Å². The standard InChI is InChI=1S/C26H32N4O2/c1-18(2)30-14-7-10-20(30)17-32-26-25(31-3)27-22-13-15-29(16-23(22)28-26)24-12-6-9-19-8-4-5-11-21(19)24/h4-6,8-9,11-12,18,20H,7,10,13-17H2,1-3H3/t20-/m1/s1. The van der Waals surface area contributed by atoms with Crippen LogP contribution in [-0.2, 0) is 13.0 Å². The van der Waals surface area contributed by atoms with Gasteiger partial charge in [0.05, 0.1) is 25.0 Å². The Bertz CT molecular complexity index is 1100. The van der Waals surface area contributed by atoms with E-state index in [9.17, 15) is 0 Å². The van der Waals surface area contributed by atoms with Crippen LogP contribution in [0.1, 0.15) is 38.1 Å². The number of methoxy groups -OCH3 is 1. The molecule has 6 nitrogen and oxygen atoms in total. The summed E-state index contributed by atoms with van der Waals surface area (Å²) in [6.45, 7) is 7.88. The third-order valence-corrected chi connectivity index (χ3v) is 6.75. The van der Waals surface area contributed by atoms with Gasteiger partial charge < -0.3 is 14.4 Å². The molecule has 2 aliphatic rings. The van der Waals surface area contributed by atoms with Crippen molar-refractivity contribution in [2.24, 2.45) is 0 Å². The SMILES string of the molecule is COc1nc2c(nc1OC[C@H]1CCCN1C(C)C)CN(c1cccc3ccccc13)CC2. The van der Waals surface area contributed by atoms with Crippen LogP contribution in [-0.4, -0.2) is 53.8 Å². The fourth-order valence-electron chi connectivity index (χ4n) is 5.11. The fourth-order valence-corrected chi connectivity index (χ4v) is 5.11. The first-order valence-electron chi connectivity index (χ1n) is 11.7. The Morgan fingerprint density at radius 2 is 1.81 bits per heavy atom. The maximum atomic E-state index is 6.21. The number of fused-ring (bicyclic) bond motifs is 2. The molecule has 0 aliphatic carbocycles. The van der Waals surface area contributed by atoms with E-state index in [1.165, 1.54) is 22.9 Å². The molecular formula is C26H32N4O2. The Labute approximate surface area is 190 Å². The van der Waals surface area contributed by atoms with E-state index >= 15 is 0 Å². The quantitative estimate of drug-likeness (QED) is 0.574. The van der Waals surface area contributed by atoms with Crippen LogP contribution < -0.4 is 14.4 Å². The van der Waals surface area contributed by atoms with Gasteiger partial charge in [-0.1, -0.05) is 36.4 Å². The molecule has 32 heavy (non-hydrogen) atoms. The lowest BCUT2D eigenvalue weighted by atomic mass is 10.0. The molecule has 0 amide bonds. The molecule has 2 aromatic carbocycles. The monoisotopic (exact) mass is 432 g/mol. The number of likely N-dealkylation sites (tertiary alicyclic amines) is 1. The van der Waals surface area contributed by atoms with Gasteiger partial charge in [0.25, 0.3) is 11.8 Å². The van der Waals surface area contributed by atoms with Crippen molar-refractivity contribution < 1.29 is 9.47 Å². The lowest BCUT2D eigenvalue weighted by Crippen LogP contribution is -2.39. The van der Waals surface area contributed by atoms with E-state index in [0.717, 1.165) is 43.9 Å². The zero-order chi connectivity index (χ0) is 22.1. The van der Waals surface area contributed by atoms with Gasteiger partial charge in [0.2, 0.25) is 0 Å². The van der Waals surface area contributed by atoms with Crippen molar-refractivity contribution in [3.63, 3.8) is 0 Å². The van der Waals surface area contributed by atoms with Gasteiger partial charge in [-0.2, -0.15) is 0 Å². The summed E-state index contributed by atoms with van der Waals surface area (Å²) < 4.78 is 11.8. The largest absolute Gasteiger partial charge is 0.477 e. The predicted octanol–water partition coefficient (Wildman–Crippen LogP) is 4.45. The minimum absolute atomic E-state index is 0.421. The maximum Gasteiger partial charge on any atom is 0.278 e. The van der Waals surface area contributed by atoms with Crippen LogP contribution in [0.3, 0.4) is 0 Å². The van der Waals surface area contributed by atoms with Crippen molar-refractivity contribution in [3.8, 4) is 11.8 Å². The average Bonchev–Trinajstić information content (AvgIpc) is 3.30. The minimum Gasteiger partial charge on any atom is -0.477 e. The summed E-state index contributed by atoms with van der Waals surface area (Å²) in [6.07, 6.45) is 3.22. The van der Waals surface area contributed by atoms with Gasteiger partial charge in [0, 0.05) is 36.1 Å². The molecule has 168 valence electrons. The van der Waals surface area contributed by atoms with Gasteiger partial charge in [-0.05, 0) is 44.7 Å². The molecule has 0 spiro atoms. The first-order valence-corrected chi connectivity index (χ1v) is 11.7. The Morgan fingerprint density at radius 3 is 2.66 bits per heavy atom. The second-order valence-electron chi connectivity index (χ2n) is 9.04. The van der Waals surface area contributed by atoms with E-state index in [1.54, 1.807) is 7.11 Å². The molecule has 3 heterocycles. The van der Waals surface area contributed by atoms with E-state index in [0.29, 0.717) is 30.5 Å². The summed E-state index contributed by atoms with van der Waals surface area (Å²) in [7, 11) is 1.64. The number of anilines is 1. The molecule has 0 radical (unpaired) electrons. The first kappa shape index (κ1) is 21.0. The summed E-state index contributed by atoms with van der Waals surface area (Å²) in [6, 6.07) is 16.0. The summed E-state index contributed by atoms with van der Waals surface area (Å²) in [5.41, 5.74) is 3.23. The van der Waals surface area contributed by atoms with Crippen LogP contribution >= 0.6 is 0 Å². The molecule has 1 aromatic heterocycles. The highest BCUT2D eigenvalue weighted by molar-refractivity contribution is 5.94. The number of aromatic nitrogens is 2. The fraction of sp³-hybridized carbons (Fsp3) is 0.462. The van der Waals surface area contributed by atoms with Gasteiger partial charge in [0.1, 0.15) is 6.61 Å². The molecule has 1 atom stereocenters. The van der Waals surface area contributed by atoms with Crippen molar-refractivity contribution in [1.82, 2.24) is 14.9 Å². The van der Waals surface area contributed by atoms with Gasteiger partial charge in [-0.25, -0.2) is 9.97 Å². The van der Waals surface area contributed by atoms with Gasteiger partial charge in [-0.15, -0.1) is 0 Å². The van der Waals surface area contributed by atoms with Crippen LogP contribution in [0.15, 0.2) is 42.5 Å². The smallest absolute Gasteiger partial charge is 0.278 e. The Kier molecular flexibility index (Phi) is 5.87. The van der Waals surface area contributed by atoms with E-state index in [4.69, 9.17) is 19.4 Å². The normalized spacial score (nSPS) is 18.9. The molecule has 2 aliphatic heterocycles. The number of ether oxygens (including phenoxy) is 2. The molecule has 0 saturated carbocycles. The zero-order valence-electron chi connectivity index (χ0n) is 19.3. The predicted molar refractivity (Wildman–Crippen MR) is 128 cm³/mol. The second kappa shape index (κ2) is 8.94. The maximum absolute atomic E-state index is 6.21. The molecule has 5 rings (SSSR count). The minimum atomic E-state index is 0.421. The molecule has 0 bridgehead atoms. The third kappa shape index (κ3) is 3.99. The zero-order valence-corrected chi connectivity index (χ0v) is 19.3. The first-order chi connectivity index (χ1) is 15.6. The summed E-state index contributed by atoms with van der Waals surface area (Å²) in [5.74, 6) is 1.01. The summed E-state index contributed by atoms with van der Waals surface area (Å²) >= 11 is 0. The van der Waals surface area contributed by atoms with Crippen molar-refractivity contribution in [2.75, 3.05) is 31.7 Å². The van der Waals surface area contributed by atoms with E-state index < -0.39 is 0 Å². The van der Waals surface area contributed by atoms with Crippen LogP contribution in [0, 0.1) is 0 Å². The third-order valence-electron chi connectivity index (χ3n) is 6.75. The van der Waals surface area contributed by atoms with Crippen LogP contribution in [0.25, 0.3) is 10.8 Å². The molecule has 3 aromatic rings. The lowest BCUT2D eigenvalue weighted by Gasteiger charge is -2.31. The highest BCUT2D eigenvalue weighted by Gasteiger charge is 2.29. The van der Waals surface area contributed by atoms with Gasteiger partial charge in [0.15, 0.2) is 0 Å². The van der Waals surface area contributed by atoms with Gasteiger partial charge >= 0.3 is 0 Å². The molecule has 1 saturated heterocycles. The molecule has 0 N–H and O–H groups in total. The van der Waals surface area contributed by atoms with Crippen LogP contribution in [0.5, 0.6) is 11.8 Å². The number of rotatable bonds is 6. The van der Waals surface area contributed by atoms with Crippen LogP contribution in [0.2, 0.25) is 0 Å². The highest BCUT2D eigenvalue weighted by Crippen LogP contribution is 2.33. The van der Waals surface area contributed by atoms with Crippen LogP contribution in [0.4, 0.5) is 5.69 Å². The summed E-state index contributed by atoms with van der Waals surface area (Å²) in [5, 5.41) is 2.53. The van der Waals surface area contributed by atoms with E-state index in [2.05, 4.69) is 66.1 Å². The number of benzene rings is 2. The van der Waals surface area contributed by atoms with E-state index in [-0.39, 0.29) is 0 Å². The molecular weight excluding hydrogens is 400 g/mol. The number of nitrogens with zero attached hydrogens (tertiary/aromatic N) is 4. The Balaban J connectivity index is 1.38. The summed E-state index contributed by atoms with van der Waals surface area (Å²) in [4.78, 5) is 14.6. The Hall–Kier alpha value is -2.86.